The third-order valence-corrected chi connectivity index (χ3v) is 2.77. The highest BCUT2D eigenvalue weighted by atomic mass is 16.5. The van der Waals surface area contributed by atoms with Crippen LogP contribution >= 0.6 is 0 Å². The van der Waals surface area contributed by atoms with Crippen LogP contribution in [0.25, 0.3) is 0 Å². The van der Waals surface area contributed by atoms with Gasteiger partial charge in [-0.3, -0.25) is 0 Å². The highest BCUT2D eigenvalue weighted by Gasteiger charge is 2.28. The lowest BCUT2D eigenvalue weighted by Crippen LogP contribution is -2.47. The van der Waals surface area contributed by atoms with Crippen LogP contribution in [0.15, 0.2) is 0 Å². The predicted molar refractivity (Wildman–Crippen MR) is 57.2 cm³/mol. The molecule has 0 aromatic carbocycles. The van der Waals surface area contributed by atoms with Gasteiger partial charge in [0.05, 0.1) is 6.10 Å². The first kappa shape index (κ1) is 12.8. The predicted octanol–water partition coefficient (Wildman–Crippen LogP) is 0.280. The van der Waals surface area contributed by atoms with Gasteiger partial charge >= 0.3 is 12.0 Å². The second-order valence-electron chi connectivity index (χ2n) is 3.84. The highest BCUT2D eigenvalue weighted by Crippen LogP contribution is 2.11. The van der Waals surface area contributed by atoms with E-state index in [0.29, 0.717) is 19.5 Å². The lowest BCUT2D eigenvalue weighted by atomic mass is 10.2. The number of carboxylic acids is 1. The summed E-state index contributed by atoms with van der Waals surface area (Å²) in [6.45, 7) is 2.86. The van der Waals surface area contributed by atoms with E-state index in [2.05, 4.69) is 5.32 Å². The third-order valence-electron chi connectivity index (χ3n) is 2.77. The van der Waals surface area contributed by atoms with Crippen molar-refractivity contribution in [2.24, 2.45) is 0 Å². The number of hydrogen-bond donors (Lipinski definition) is 2. The summed E-state index contributed by atoms with van der Waals surface area (Å²) in [7, 11) is 1.61. The Balaban J connectivity index is 2.43. The Morgan fingerprint density at radius 3 is 2.75 bits per heavy atom. The van der Waals surface area contributed by atoms with Gasteiger partial charge < -0.3 is 20.1 Å². The van der Waals surface area contributed by atoms with Gasteiger partial charge in [-0.25, -0.2) is 9.59 Å². The van der Waals surface area contributed by atoms with Crippen molar-refractivity contribution in [2.45, 2.75) is 31.9 Å². The molecule has 1 heterocycles. The van der Waals surface area contributed by atoms with Crippen LogP contribution in [0.2, 0.25) is 0 Å². The van der Waals surface area contributed by atoms with Gasteiger partial charge in [0.2, 0.25) is 0 Å². The molecule has 1 aliphatic heterocycles. The number of rotatable bonds is 4. The molecule has 16 heavy (non-hydrogen) atoms. The molecule has 0 bridgehead atoms. The number of likely N-dealkylation sites (tertiary alicyclic amines) is 1. The molecule has 1 aliphatic rings. The third kappa shape index (κ3) is 3.10. The number of hydrogen-bond acceptors (Lipinski definition) is 3. The maximum absolute atomic E-state index is 11.7. The fraction of sp³-hybridized carbons (Fsp3) is 0.800. The highest BCUT2D eigenvalue weighted by molar-refractivity contribution is 5.82. The van der Waals surface area contributed by atoms with Crippen LogP contribution < -0.4 is 5.32 Å². The first-order valence-corrected chi connectivity index (χ1v) is 5.39. The van der Waals surface area contributed by atoms with E-state index in [1.807, 2.05) is 0 Å². The number of nitrogens with one attached hydrogen (secondary N) is 1. The average molecular weight is 230 g/mol. The maximum Gasteiger partial charge on any atom is 0.326 e. The minimum atomic E-state index is -1.00. The van der Waals surface area contributed by atoms with Crippen molar-refractivity contribution in [3.63, 3.8) is 0 Å². The molecule has 0 aliphatic carbocycles. The van der Waals surface area contributed by atoms with E-state index in [1.54, 1.807) is 18.9 Å². The molecular formula is C10H18N2O4. The van der Waals surface area contributed by atoms with Crippen LogP contribution in [0.5, 0.6) is 0 Å². The number of amides is 2. The van der Waals surface area contributed by atoms with Crippen LogP contribution in [0, 0.1) is 0 Å². The fourth-order valence-electron chi connectivity index (χ4n) is 1.68. The molecule has 2 amide bonds. The van der Waals surface area contributed by atoms with E-state index < -0.39 is 12.0 Å². The zero-order valence-corrected chi connectivity index (χ0v) is 9.60. The summed E-state index contributed by atoms with van der Waals surface area (Å²) in [5, 5.41) is 11.3. The zero-order valence-electron chi connectivity index (χ0n) is 9.60. The van der Waals surface area contributed by atoms with Gasteiger partial charge in [0, 0.05) is 20.2 Å². The number of nitrogens with zero attached hydrogens (tertiary/aromatic N) is 1. The summed E-state index contributed by atoms with van der Waals surface area (Å²) in [6, 6.07) is -1.14. The maximum atomic E-state index is 11.7. The molecule has 0 aromatic rings. The molecule has 1 rings (SSSR count). The molecule has 0 saturated carbocycles. The fourth-order valence-corrected chi connectivity index (χ4v) is 1.68. The summed E-state index contributed by atoms with van der Waals surface area (Å²) < 4.78 is 5.13. The molecule has 1 saturated heterocycles. The van der Waals surface area contributed by atoms with Crippen molar-refractivity contribution in [1.82, 2.24) is 10.2 Å². The minimum Gasteiger partial charge on any atom is -0.480 e. The van der Waals surface area contributed by atoms with Gasteiger partial charge in [0.15, 0.2) is 0 Å². The van der Waals surface area contributed by atoms with Crippen LogP contribution in [-0.4, -0.2) is 54.4 Å². The first-order chi connectivity index (χ1) is 7.58. The van der Waals surface area contributed by atoms with Crippen LogP contribution in [0.4, 0.5) is 4.79 Å². The molecule has 0 radical (unpaired) electrons. The van der Waals surface area contributed by atoms with Gasteiger partial charge in [0.1, 0.15) is 6.04 Å². The number of urea groups is 1. The average Bonchev–Trinajstić information content (AvgIpc) is 2.73. The van der Waals surface area contributed by atoms with Crippen molar-refractivity contribution in [1.29, 1.82) is 0 Å². The van der Waals surface area contributed by atoms with Crippen molar-refractivity contribution in [3.05, 3.63) is 0 Å². The molecule has 6 nitrogen and oxygen atoms in total. The van der Waals surface area contributed by atoms with Crippen molar-refractivity contribution in [3.8, 4) is 0 Å². The van der Waals surface area contributed by atoms with Gasteiger partial charge in [-0.1, -0.05) is 6.92 Å². The molecule has 0 aromatic heterocycles. The smallest absolute Gasteiger partial charge is 0.326 e. The number of aliphatic carboxylic acids is 1. The van der Waals surface area contributed by atoms with E-state index >= 15 is 0 Å². The SMILES string of the molecule is CCC(NC(=O)N1CCC(OC)C1)C(=O)O. The Labute approximate surface area is 94.6 Å². The normalized spacial score (nSPS) is 21.9. The van der Waals surface area contributed by atoms with Gasteiger partial charge in [-0.15, -0.1) is 0 Å². The van der Waals surface area contributed by atoms with Gasteiger partial charge in [-0.2, -0.15) is 0 Å². The van der Waals surface area contributed by atoms with E-state index in [-0.39, 0.29) is 12.1 Å². The van der Waals surface area contributed by atoms with E-state index in [9.17, 15) is 9.59 Å². The quantitative estimate of drug-likeness (QED) is 0.727. The van der Waals surface area contributed by atoms with Crippen molar-refractivity contribution < 1.29 is 19.4 Å². The number of ether oxygens (including phenoxy) is 1. The van der Waals surface area contributed by atoms with E-state index in [1.165, 1.54) is 0 Å². The molecule has 6 heteroatoms. The number of carbonyl (C=O) groups excluding carboxylic acids is 1. The first-order valence-electron chi connectivity index (χ1n) is 5.39. The van der Waals surface area contributed by atoms with Gasteiger partial charge in [-0.05, 0) is 12.8 Å². The molecule has 92 valence electrons. The monoisotopic (exact) mass is 230 g/mol. The Hall–Kier alpha value is -1.30. The van der Waals surface area contributed by atoms with E-state index in [4.69, 9.17) is 9.84 Å². The standard InChI is InChI=1S/C10H18N2O4/c1-3-8(9(13)14)11-10(15)12-5-4-7(6-12)16-2/h7-8H,3-6H2,1-2H3,(H,11,15)(H,13,14). The van der Waals surface area contributed by atoms with Crippen LogP contribution in [0.1, 0.15) is 19.8 Å². The zero-order chi connectivity index (χ0) is 12.1. The Bertz CT molecular complexity index is 270. The second kappa shape index (κ2) is 5.69. The Morgan fingerprint density at radius 2 is 2.31 bits per heavy atom. The summed E-state index contributed by atoms with van der Waals surface area (Å²) in [4.78, 5) is 24.0. The lowest BCUT2D eigenvalue weighted by molar-refractivity contribution is -0.139. The molecule has 2 unspecified atom stereocenters. The molecular weight excluding hydrogens is 212 g/mol. The number of methoxy groups -OCH3 is 1. The molecule has 2 N–H and O–H groups in total. The number of carboxylic acid groups (broad SMARTS) is 1. The van der Waals surface area contributed by atoms with Crippen LogP contribution in [-0.2, 0) is 9.53 Å². The van der Waals surface area contributed by atoms with Crippen molar-refractivity contribution in [2.75, 3.05) is 20.2 Å². The summed E-state index contributed by atoms with van der Waals surface area (Å²) in [6.07, 6.45) is 1.24. The van der Waals surface area contributed by atoms with Crippen molar-refractivity contribution >= 4 is 12.0 Å². The Morgan fingerprint density at radius 1 is 1.62 bits per heavy atom. The summed E-state index contributed by atoms with van der Waals surface area (Å²) >= 11 is 0. The molecule has 2 atom stereocenters. The minimum absolute atomic E-state index is 0.0654. The molecule has 1 fully saturated rings. The molecule has 0 spiro atoms. The lowest BCUT2D eigenvalue weighted by Gasteiger charge is -2.20. The number of carbonyl (C=O) groups is 2. The summed E-state index contributed by atoms with van der Waals surface area (Å²) in [5.74, 6) is -1.00. The summed E-state index contributed by atoms with van der Waals surface area (Å²) in [5.41, 5.74) is 0. The largest absolute Gasteiger partial charge is 0.480 e. The second-order valence-corrected chi connectivity index (χ2v) is 3.84. The van der Waals surface area contributed by atoms with E-state index in [0.717, 1.165) is 6.42 Å². The van der Waals surface area contributed by atoms with Crippen LogP contribution in [0.3, 0.4) is 0 Å². The Kier molecular flexibility index (Phi) is 4.54. The topological polar surface area (TPSA) is 78.9 Å². The van der Waals surface area contributed by atoms with Gasteiger partial charge in [0.25, 0.3) is 0 Å².